The van der Waals surface area contributed by atoms with Crippen LogP contribution in [0, 0.1) is 5.82 Å². The van der Waals surface area contributed by atoms with E-state index in [0.29, 0.717) is 5.56 Å². The van der Waals surface area contributed by atoms with Crippen LogP contribution in [0.2, 0.25) is 0 Å². The Hall–Kier alpha value is -3.49. The summed E-state index contributed by atoms with van der Waals surface area (Å²) in [5, 5.41) is 5.05. The van der Waals surface area contributed by atoms with Gasteiger partial charge in [0.2, 0.25) is 0 Å². The highest BCUT2D eigenvalue weighted by Crippen LogP contribution is 2.34. The molecule has 9 heteroatoms. The molecule has 1 heterocycles. The van der Waals surface area contributed by atoms with Crippen LogP contribution in [0.4, 0.5) is 29.1 Å². The van der Waals surface area contributed by atoms with Crippen LogP contribution >= 0.6 is 0 Å². The molecule has 5 nitrogen and oxygen atoms in total. The van der Waals surface area contributed by atoms with Gasteiger partial charge in [-0.2, -0.15) is 13.2 Å². The molecule has 0 aliphatic rings. The largest absolute Gasteiger partial charge is 0.418 e. The summed E-state index contributed by atoms with van der Waals surface area (Å²) in [7, 11) is 0. The number of halogens is 4. The topological polar surface area (TPSA) is 66.9 Å². The van der Waals surface area contributed by atoms with Crippen LogP contribution < -0.4 is 10.6 Å². The molecule has 0 fully saturated rings. The van der Waals surface area contributed by atoms with Crippen molar-refractivity contribution in [2.75, 3.05) is 10.6 Å². The number of carbonyl (C=O) groups excluding carboxylic acids is 1. The van der Waals surface area contributed by atoms with Gasteiger partial charge in [-0.3, -0.25) is 4.79 Å². The predicted octanol–water partition coefficient (Wildman–Crippen LogP) is 4.50. The van der Waals surface area contributed by atoms with Gasteiger partial charge in [0.15, 0.2) is 0 Å². The van der Waals surface area contributed by atoms with Crippen molar-refractivity contribution in [3.05, 3.63) is 83.6 Å². The van der Waals surface area contributed by atoms with E-state index in [1.54, 1.807) is 18.2 Å². The molecule has 3 aromatic rings. The average Bonchev–Trinajstić information content (AvgIpc) is 2.67. The van der Waals surface area contributed by atoms with E-state index < -0.39 is 23.5 Å². The van der Waals surface area contributed by atoms with Crippen molar-refractivity contribution in [2.45, 2.75) is 12.7 Å². The standard InChI is InChI=1S/C19H14F4N4O/c20-14-7-3-1-5-12(14)10-24-17-9-16(25-11-26-17)18(28)27-15-8-4-2-6-13(15)19(21,22)23/h1-9,11H,10H2,(H,27,28)(H,24,25,26). The molecule has 1 amide bonds. The van der Waals surface area contributed by atoms with E-state index >= 15 is 0 Å². The van der Waals surface area contributed by atoms with Crippen molar-refractivity contribution in [1.29, 1.82) is 0 Å². The van der Waals surface area contributed by atoms with Gasteiger partial charge in [-0.1, -0.05) is 30.3 Å². The Labute approximate surface area is 157 Å². The van der Waals surface area contributed by atoms with E-state index in [0.717, 1.165) is 18.5 Å². The monoisotopic (exact) mass is 390 g/mol. The zero-order chi connectivity index (χ0) is 20.1. The highest BCUT2D eigenvalue weighted by Gasteiger charge is 2.33. The summed E-state index contributed by atoms with van der Waals surface area (Å²) in [5.41, 5.74) is -1.08. The van der Waals surface area contributed by atoms with E-state index in [9.17, 15) is 22.4 Å². The average molecular weight is 390 g/mol. The quantitative estimate of drug-likeness (QED) is 0.630. The molecule has 28 heavy (non-hydrogen) atoms. The number of benzene rings is 2. The fourth-order valence-corrected chi connectivity index (χ4v) is 2.43. The first kappa shape index (κ1) is 19.3. The summed E-state index contributed by atoms with van der Waals surface area (Å²) in [6, 6.07) is 12.0. The second kappa shape index (κ2) is 8.03. The third-order valence-electron chi connectivity index (χ3n) is 3.80. The number of hydrogen-bond acceptors (Lipinski definition) is 4. The molecule has 0 atom stereocenters. The molecular weight excluding hydrogens is 376 g/mol. The second-order valence-corrected chi connectivity index (χ2v) is 5.73. The van der Waals surface area contributed by atoms with Gasteiger partial charge in [0, 0.05) is 18.2 Å². The fourth-order valence-electron chi connectivity index (χ4n) is 2.43. The number of para-hydroxylation sites is 1. The third kappa shape index (κ3) is 4.61. The van der Waals surface area contributed by atoms with Crippen LogP contribution in [0.15, 0.2) is 60.9 Å². The SMILES string of the molecule is O=C(Nc1ccccc1C(F)(F)F)c1cc(NCc2ccccc2F)ncn1. The van der Waals surface area contributed by atoms with Gasteiger partial charge in [-0.25, -0.2) is 14.4 Å². The van der Waals surface area contributed by atoms with Crippen molar-refractivity contribution >= 4 is 17.4 Å². The van der Waals surface area contributed by atoms with Crippen LogP contribution in [0.5, 0.6) is 0 Å². The number of carbonyl (C=O) groups is 1. The lowest BCUT2D eigenvalue weighted by atomic mass is 10.1. The third-order valence-corrected chi connectivity index (χ3v) is 3.80. The van der Waals surface area contributed by atoms with E-state index in [-0.39, 0.29) is 23.7 Å². The first-order valence-corrected chi connectivity index (χ1v) is 8.11. The summed E-state index contributed by atoms with van der Waals surface area (Å²) in [6.45, 7) is 0.113. The van der Waals surface area contributed by atoms with E-state index in [4.69, 9.17) is 0 Å². The summed E-state index contributed by atoms with van der Waals surface area (Å²) in [6.07, 6.45) is -3.52. The number of aromatic nitrogens is 2. The molecule has 0 aliphatic heterocycles. The molecular formula is C19H14F4N4O. The lowest BCUT2D eigenvalue weighted by molar-refractivity contribution is -0.136. The number of anilines is 2. The summed E-state index contributed by atoms with van der Waals surface area (Å²) in [5.74, 6) is -0.994. The second-order valence-electron chi connectivity index (χ2n) is 5.73. The molecule has 0 aliphatic carbocycles. The Balaban J connectivity index is 1.74. The molecule has 0 radical (unpaired) electrons. The molecule has 0 unspecified atom stereocenters. The Morgan fingerprint density at radius 3 is 2.46 bits per heavy atom. The van der Waals surface area contributed by atoms with Crippen molar-refractivity contribution in [3.63, 3.8) is 0 Å². The van der Waals surface area contributed by atoms with Gasteiger partial charge < -0.3 is 10.6 Å². The molecule has 2 aromatic carbocycles. The maximum absolute atomic E-state index is 13.6. The number of alkyl halides is 3. The van der Waals surface area contributed by atoms with Crippen molar-refractivity contribution in [2.24, 2.45) is 0 Å². The lowest BCUT2D eigenvalue weighted by Gasteiger charge is -2.13. The molecule has 1 aromatic heterocycles. The Kier molecular flexibility index (Phi) is 5.53. The Morgan fingerprint density at radius 1 is 1.00 bits per heavy atom. The molecule has 3 rings (SSSR count). The first-order valence-electron chi connectivity index (χ1n) is 8.11. The minimum Gasteiger partial charge on any atom is -0.366 e. The van der Waals surface area contributed by atoms with E-state index in [1.807, 2.05) is 0 Å². The number of amides is 1. The lowest BCUT2D eigenvalue weighted by Crippen LogP contribution is -2.18. The summed E-state index contributed by atoms with van der Waals surface area (Å²) < 4.78 is 52.8. The zero-order valence-electron chi connectivity index (χ0n) is 14.3. The molecule has 0 saturated heterocycles. The Bertz CT molecular complexity index is 991. The van der Waals surface area contributed by atoms with Gasteiger partial charge in [-0.05, 0) is 18.2 Å². The van der Waals surface area contributed by atoms with E-state index in [2.05, 4.69) is 20.6 Å². The van der Waals surface area contributed by atoms with Crippen LogP contribution in [0.1, 0.15) is 21.6 Å². The number of nitrogens with zero attached hydrogens (tertiary/aromatic N) is 2. The number of rotatable bonds is 5. The predicted molar refractivity (Wildman–Crippen MR) is 95.2 cm³/mol. The molecule has 0 bridgehead atoms. The summed E-state index contributed by atoms with van der Waals surface area (Å²) in [4.78, 5) is 20.0. The van der Waals surface area contributed by atoms with Crippen LogP contribution in [0.3, 0.4) is 0 Å². The van der Waals surface area contributed by atoms with Crippen LogP contribution in [-0.2, 0) is 12.7 Å². The maximum atomic E-state index is 13.6. The smallest absolute Gasteiger partial charge is 0.366 e. The van der Waals surface area contributed by atoms with Gasteiger partial charge >= 0.3 is 6.18 Å². The highest BCUT2D eigenvalue weighted by atomic mass is 19.4. The van der Waals surface area contributed by atoms with Crippen molar-refractivity contribution in [1.82, 2.24) is 9.97 Å². The Morgan fingerprint density at radius 2 is 1.71 bits per heavy atom. The molecule has 144 valence electrons. The van der Waals surface area contributed by atoms with Crippen molar-refractivity contribution in [3.8, 4) is 0 Å². The number of nitrogens with one attached hydrogen (secondary N) is 2. The highest BCUT2D eigenvalue weighted by molar-refractivity contribution is 6.03. The van der Waals surface area contributed by atoms with E-state index in [1.165, 1.54) is 24.3 Å². The van der Waals surface area contributed by atoms with Crippen LogP contribution in [0.25, 0.3) is 0 Å². The zero-order valence-corrected chi connectivity index (χ0v) is 14.3. The van der Waals surface area contributed by atoms with Gasteiger partial charge in [0.1, 0.15) is 23.7 Å². The minimum absolute atomic E-state index is 0.113. The van der Waals surface area contributed by atoms with Gasteiger partial charge in [0.25, 0.3) is 5.91 Å². The molecule has 0 saturated carbocycles. The van der Waals surface area contributed by atoms with Crippen LogP contribution in [-0.4, -0.2) is 15.9 Å². The van der Waals surface area contributed by atoms with Gasteiger partial charge in [0.05, 0.1) is 11.3 Å². The summed E-state index contributed by atoms with van der Waals surface area (Å²) >= 11 is 0. The normalized spacial score (nSPS) is 11.1. The first-order chi connectivity index (χ1) is 13.3. The molecule has 2 N–H and O–H groups in total. The minimum atomic E-state index is -4.61. The molecule has 0 spiro atoms. The number of hydrogen-bond donors (Lipinski definition) is 2. The van der Waals surface area contributed by atoms with Gasteiger partial charge in [-0.15, -0.1) is 0 Å². The fraction of sp³-hybridized carbons (Fsp3) is 0.105. The maximum Gasteiger partial charge on any atom is 0.418 e. The van der Waals surface area contributed by atoms with Crippen molar-refractivity contribution < 1.29 is 22.4 Å².